The van der Waals surface area contributed by atoms with Gasteiger partial charge in [-0.25, -0.2) is 12.8 Å². The van der Waals surface area contributed by atoms with E-state index in [0.29, 0.717) is 31.0 Å². The minimum Gasteiger partial charge on any atom is -0.395 e. The van der Waals surface area contributed by atoms with Gasteiger partial charge in [-0.1, -0.05) is 48.5 Å². The second kappa shape index (κ2) is 11.3. The molecule has 2 aliphatic rings. The molecule has 2 fully saturated rings. The Morgan fingerprint density at radius 1 is 0.810 bits per heavy atom. The van der Waals surface area contributed by atoms with Gasteiger partial charge in [0.15, 0.2) is 0 Å². The van der Waals surface area contributed by atoms with Crippen LogP contribution in [0.3, 0.4) is 0 Å². The minimum absolute atomic E-state index is 0.0170. The van der Waals surface area contributed by atoms with Crippen LogP contribution in [0.15, 0.2) is 71.6 Å². The normalized spacial score (nSPS) is 22.6. The zero-order chi connectivity index (χ0) is 30.4. The number of rotatable bonds is 5. The number of alkyl halides is 6. The number of fused-ring (bicyclic) bond motifs is 1. The van der Waals surface area contributed by atoms with E-state index in [4.69, 9.17) is 0 Å². The molecule has 0 spiro atoms. The molecule has 3 aromatic rings. The molecule has 3 atom stereocenters. The second-order valence-electron chi connectivity index (χ2n) is 10.4. The van der Waals surface area contributed by atoms with E-state index < -0.39 is 62.2 Å². The number of hydrogen-bond acceptors (Lipinski definition) is 4. The molecular formula is C29H27F7N2O3S. The van der Waals surface area contributed by atoms with Crippen molar-refractivity contribution in [2.24, 2.45) is 0 Å². The Balaban J connectivity index is 1.46. The molecule has 1 N–H and O–H groups in total. The third-order valence-electron chi connectivity index (χ3n) is 8.05. The monoisotopic (exact) mass is 616 g/mol. The van der Waals surface area contributed by atoms with Gasteiger partial charge < -0.3 is 5.11 Å². The van der Waals surface area contributed by atoms with Gasteiger partial charge in [-0.2, -0.15) is 30.6 Å². The summed E-state index contributed by atoms with van der Waals surface area (Å²) in [6, 6.07) is 12.3. The van der Waals surface area contributed by atoms with E-state index in [1.807, 2.05) is 4.90 Å². The first-order valence-corrected chi connectivity index (χ1v) is 14.7. The van der Waals surface area contributed by atoms with Crippen LogP contribution in [-0.4, -0.2) is 61.1 Å². The van der Waals surface area contributed by atoms with Crippen molar-refractivity contribution in [1.29, 1.82) is 0 Å². The first-order valence-electron chi connectivity index (χ1n) is 13.2. The summed E-state index contributed by atoms with van der Waals surface area (Å²) in [7, 11) is -4.54. The van der Waals surface area contributed by atoms with Crippen molar-refractivity contribution in [2.75, 3.05) is 26.2 Å². The number of aliphatic hydroxyl groups excluding tert-OH is 1. The molecule has 5 nitrogen and oxygen atoms in total. The predicted molar refractivity (Wildman–Crippen MR) is 140 cm³/mol. The maximum Gasteiger partial charge on any atom is 0.419 e. The number of aliphatic hydroxyl groups is 1. The predicted octanol–water partition coefficient (Wildman–Crippen LogP) is 6.14. The fourth-order valence-corrected chi connectivity index (χ4v) is 7.76. The van der Waals surface area contributed by atoms with Crippen LogP contribution in [0.4, 0.5) is 30.7 Å². The smallest absolute Gasteiger partial charge is 0.395 e. The zero-order valence-corrected chi connectivity index (χ0v) is 22.9. The highest BCUT2D eigenvalue weighted by atomic mass is 32.2. The molecule has 0 radical (unpaired) electrons. The summed E-state index contributed by atoms with van der Waals surface area (Å²) in [5, 5.41) is 10.2. The van der Waals surface area contributed by atoms with Crippen LogP contribution in [0.5, 0.6) is 0 Å². The van der Waals surface area contributed by atoms with Crippen LogP contribution >= 0.6 is 0 Å². The molecule has 2 saturated heterocycles. The van der Waals surface area contributed by atoms with Gasteiger partial charge in [0.05, 0.1) is 22.6 Å². The number of sulfonamides is 1. The summed E-state index contributed by atoms with van der Waals surface area (Å²) in [4.78, 5) is 1.11. The van der Waals surface area contributed by atoms with E-state index in [0.717, 1.165) is 28.6 Å². The summed E-state index contributed by atoms with van der Waals surface area (Å²) in [5.41, 5.74) is -2.04. The van der Waals surface area contributed by atoms with Crippen LogP contribution in [0.25, 0.3) is 11.1 Å². The third kappa shape index (κ3) is 5.54. The number of halogens is 7. The quantitative estimate of drug-likeness (QED) is 0.350. The Hall–Kier alpha value is -3.00. The van der Waals surface area contributed by atoms with Crippen LogP contribution in [-0.2, 0) is 22.4 Å². The van der Waals surface area contributed by atoms with E-state index in [2.05, 4.69) is 0 Å². The van der Waals surface area contributed by atoms with Gasteiger partial charge in [0.25, 0.3) is 0 Å². The van der Waals surface area contributed by atoms with Crippen molar-refractivity contribution in [2.45, 2.75) is 48.1 Å². The zero-order valence-electron chi connectivity index (χ0n) is 22.0. The molecule has 5 rings (SSSR count). The lowest BCUT2D eigenvalue weighted by atomic mass is 9.74. The summed E-state index contributed by atoms with van der Waals surface area (Å²) in [5.74, 6) is -1.83. The molecule has 0 saturated carbocycles. The lowest BCUT2D eigenvalue weighted by molar-refractivity contribution is -0.140. The molecule has 2 heterocycles. The standard InChI is InChI=1S/C29H27F7N2O3S/c30-27-20(6-5-8-22(27)29(34,35)36)18-10-12-19(13-11-18)26-23-16-37(14-3-4-15-38(23)24(26)17-39)42(40,41)25-9-2-1-7-21(25)28(31,32)33/h1-2,5-13,23-24,26,39H,3-4,14-17H2/t23?,24?,26-/m0/s1. The van der Waals surface area contributed by atoms with E-state index in [1.165, 1.54) is 24.3 Å². The van der Waals surface area contributed by atoms with Crippen molar-refractivity contribution in [1.82, 2.24) is 9.21 Å². The van der Waals surface area contributed by atoms with Crippen molar-refractivity contribution in [3.63, 3.8) is 0 Å². The highest BCUT2D eigenvalue weighted by molar-refractivity contribution is 7.89. The average molecular weight is 617 g/mol. The Morgan fingerprint density at radius 2 is 1.43 bits per heavy atom. The molecule has 0 aromatic heterocycles. The SMILES string of the molecule is O=S(=O)(c1ccccc1C(F)(F)F)N1CCCCN2C(CO)[C@@H](c3ccc(-c4cccc(C(F)(F)F)c4F)cc3)C2C1. The van der Waals surface area contributed by atoms with Gasteiger partial charge in [0.2, 0.25) is 10.0 Å². The van der Waals surface area contributed by atoms with E-state index >= 15 is 0 Å². The van der Waals surface area contributed by atoms with Gasteiger partial charge in [-0.3, -0.25) is 4.90 Å². The van der Waals surface area contributed by atoms with Crippen LogP contribution in [0.2, 0.25) is 0 Å². The average Bonchev–Trinajstić information content (AvgIpc) is 2.91. The summed E-state index contributed by atoms with van der Waals surface area (Å²) in [6.45, 7) is 0.171. The second-order valence-corrected chi connectivity index (χ2v) is 12.3. The van der Waals surface area contributed by atoms with E-state index in [1.54, 1.807) is 12.1 Å². The molecule has 42 heavy (non-hydrogen) atoms. The van der Waals surface area contributed by atoms with Gasteiger partial charge in [0.1, 0.15) is 5.82 Å². The highest BCUT2D eigenvalue weighted by Gasteiger charge is 2.51. The highest BCUT2D eigenvalue weighted by Crippen LogP contribution is 2.44. The Morgan fingerprint density at radius 3 is 2.07 bits per heavy atom. The van der Waals surface area contributed by atoms with Gasteiger partial charge >= 0.3 is 12.4 Å². The fraction of sp³-hybridized carbons (Fsp3) is 0.379. The van der Waals surface area contributed by atoms with Crippen LogP contribution < -0.4 is 0 Å². The summed E-state index contributed by atoms with van der Waals surface area (Å²) < 4.78 is 124. The fourth-order valence-electron chi connectivity index (χ4n) is 6.05. The first kappa shape index (κ1) is 30.5. The Kier molecular flexibility index (Phi) is 8.16. The molecule has 2 unspecified atom stereocenters. The summed E-state index contributed by atoms with van der Waals surface area (Å²) in [6.07, 6.45) is -8.77. The van der Waals surface area contributed by atoms with Crippen molar-refractivity contribution in [3.05, 3.63) is 89.2 Å². The topological polar surface area (TPSA) is 60.9 Å². The molecule has 3 aromatic carbocycles. The third-order valence-corrected chi connectivity index (χ3v) is 9.98. The molecule has 0 aliphatic carbocycles. The lowest BCUT2D eigenvalue weighted by Gasteiger charge is -2.57. The van der Waals surface area contributed by atoms with E-state index in [-0.39, 0.29) is 30.8 Å². The lowest BCUT2D eigenvalue weighted by Crippen LogP contribution is -2.67. The van der Waals surface area contributed by atoms with Crippen LogP contribution in [0.1, 0.15) is 35.4 Å². The Labute approximate surface area is 238 Å². The maximum atomic E-state index is 14.7. The van der Waals surface area contributed by atoms with Gasteiger partial charge in [0, 0.05) is 36.7 Å². The van der Waals surface area contributed by atoms with Crippen molar-refractivity contribution in [3.8, 4) is 11.1 Å². The molecule has 226 valence electrons. The van der Waals surface area contributed by atoms with Gasteiger partial charge in [-0.05, 0) is 48.7 Å². The maximum absolute atomic E-state index is 14.7. The number of benzene rings is 3. The van der Waals surface area contributed by atoms with Crippen LogP contribution in [0, 0.1) is 5.82 Å². The first-order chi connectivity index (χ1) is 19.7. The number of hydrogen-bond donors (Lipinski definition) is 1. The molecular weight excluding hydrogens is 589 g/mol. The largest absolute Gasteiger partial charge is 0.419 e. The molecule has 0 bridgehead atoms. The summed E-state index contributed by atoms with van der Waals surface area (Å²) >= 11 is 0. The number of nitrogens with zero attached hydrogens (tertiary/aromatic N) is 2. The van der Waals surface area contributed by atoms with Crippen molar-refractivity contribution < 1.29 is 44.3 Å². The molecule has 0 amide bonds. The van der Waals surface area contributed by atoms with Crippen molar-refractivity contribution >= 4 is 10.0 Å². The Bertz CT molecular complexity index is 1540. The van der Waals surface area contributed by atoms with E-state index in [9.17, 15) is 44.3 Å². The van der Waals surface area contributed by atoms with Gasteiger partial charge in [-0.15, -0.1) is 0 Å². The minimum atomic E-state index is -4.87. The molecule has 2 aliphatic heterocycles. The molecule has 13 heteroatoms.